The summed E-state index contributed by atoms with van der Waals surface area (Å²) < 4.78 is 17.6. The zero-order valence-electron chi connectivity index (χ0n) is 20.8. The lowest BCUT2D eigenvalue weighted by Gasteiger charge is -2.35. The molecule has 31 heavy (non-hydrogen) atoms. The van der Waals surface area contributed by atoms with Crippen LogP contribution < -0.4 is 0 Å². The van der Waals surface area contributed by atoms with Gasteiger partial charge in [0.2, 0.25) is 0 Å². The molecule has 2 heterocycles. The van der Waals surface area contributed by atoms with Gasteiger partial charge in [-0.25, -0.2) is 9.59 Å². The number of likely N-dealkylation sites (N-methyl/N-ethyl adjacent to an activating group) is 1. The van der Waals surface area contributed by atoms with E-state index < -0.39 is 23.2 Å². The Balaban J connectivity index is 2.07. The summed E-state index contributed by atoms with van der Waals surface area (Å²) in [6, 6.07) is -0.0354. The fraction of sp³-hybridized carbons (Fsp3) is 0.909. The predicted molar refractivity (Wildman–Crippen MR) is 120 cm³/mol. The Kier molecular flexibility index (Phi) is 7.45. The van der Waals surface area contributed by atoms with Crippen LogP contribution >= 0.6 is 0 Å². The highest BCUT2D eigenvalue weighted by atomic mass is 16.7. The van der Waals surface area contributed by atoms with Gasteiger partial charge in [-0.15, -0.1) is 0 Å². The van der Waals surface area contributed by atoms with Gasteiger partial charge in [-0.1, -0.05) is 12.8 Å². The SMILES string of the molecule is CN(C)[C@H]1CN(C(=O)OC(C)(C)C)[C@](CCCCB2OC(C)(C)C(C)(C)O2)(C(=O)O)C1. The van der Waals surface area contributed by atoms with E-state index in [0.29, 0.717) is 32.1 Å². The molecule has 0 radical (unpaired) electrons. The predicted octanol–water partition coefficient (Wildman–Crippen LogP) is 3.64. The van der Waals surface area contributed by atoms with Gasteiger partial charge in [0.05, 0.1) is 11.2 Å². The lowest BCUT2D eigenvalue weighted by Crippen LogP contribution is -2.54. The van der Waals surface area contributed by atoms with Crippen LogP contribution in [0.4, 0.5) is 4.79 Å². The van der Waals surface area contributed by atoms with Gasteiger partial charge in [0.1, 0.15) is 11.1 Å². The van der Waals surface area contributed by atoms with Crippen LogP contribution in [0.2, 0.25) is 6.32 Å². The highest BCUT2D eigenvalue weighted by molar-refractivity contribution is 6.45. The molecule has 178 valence electrons. The van der Waals surface area contributed by atoms with Crippen molar-refractivity contribution in [2.75, 3.05) is 20.6 Å². The van der Waals surface area contributed by atoms with Gasteiger partial charge in [-0.05, 0) is 81.7 Å². The van der Waals surface area contributed by atoms with Crippen LogP contribution in [0.1, 0.15) is 74.1 Å². The van der Waals surface area contributed by atoms with E-state index in [1.807, 2.05) is 46.7 Å². The van der Waals surface area contributed by atoms with Crippen LogP contribution in [0.5, 0.6) is 0 Å². The minimum atomic E-state index is -1.27. The number of hydrogen-bond donors (Lipinski definition) is 1. The zero-order chi connectivity index (χ0) is 23.8. The van der Waals surface area contributed by atoms with Crippen molar-refractivity contribution in [3.05, 3.63) is 0 Å². The van der Waals surface area contributed by atoms with Crippen LogP contribution in [0.3, 0.4) is 0 Å². The molecule has 0 spiro atoms. The van der Waals surface area contributed by atoms with Crippen molar-refractivity contribution >= 4 is 19.2 Å². The number of nitrogens with zero attached hydrogens (tertiary/aromatic N) is 2. The minimum Gasteiger partial charge on any atom is -0.479 e. The van der Waals surface area contributed by atoms with Crippen LogP contribution in [0.15, 0.2) is 0 Å². The van der Waals surface area contributed by atoms with E-state index in [1.165, 1.54) is 4.90 Å². The number of carboxylic acid groups (broad SMARTS) is 1. The monoisotopic (exact) mass is 440 g/mol. The first-order valence-corrected chi connectivity index (χ1v) is 11.3. The van der Waals surface area contributed by atoms with Crippen molar-refractivity contribution < 1.29 is 28.7 Å². The van der Waals surface area contributed by atoms with Crippen LogP contribution in [0.25, 0.3) is 0 Å². The topological polar surface area (TPSA) is 88.5 Å². The van der Waals surface area contributed by atoms with E-state index in [0.717, 1.165) is 6.42 Å². The fourth-order valence-electron chi connectivity index (χ4n) is 4.22. The maximum Gasteiger partial charge on any atom is 0.457 e. The molecule has 0 bridgehead atoms. The maximum atomic E-state index is 12.9. The Morgan fingerprint density at radius 1 is 1.13 bits per heavy atom. The molecule has 1 N–H and O–H groups in total. The van der Waals surface area contributed by atoms with Gasteiger partial charge >= 0.3 is 19.2 Å². The molecule has 2 aliphatic heterocycles. The van der Waals surface area contributed by atoms with Crippen molar-refractivity contribution in [1.82, 2.24) is 9.80 Å². The molecule has 0 aromatic rings. The summed E-state index contributed by atoms with van der Waals surface area (Å²) in [5, 5.41) is 10.2. The minimum absolute atomic E-state index is 0.0354. The lowest BCUT2D eigenvalue weighted by molar-refractivity contribution is -0.150. The molecule has 1 amide bonds. The summed E-state index contributed by atoms with van der Waals surface area (Å²) >= 11 is 0. The summed E-state index contributed by atoms with van der Waals surface area (Å²) in [6.07, 6.45) is 2.27. The fourth-order valence-corrected chi connectivity index (χ4v) is 4.22. The summed E-state index contributed by atoms with van der Waals surface area (Å²) in [6.45, 7) is 13.8. The number of carbonyl (C=O) groups excluding carboxylic acids is 1. The summed E-state index contributed by atoms with van der Waals surface area (Å²) in [4.78, 5) is 28.8. The Bertz CT molecular complexity index is 659. The van der Waals surface area contributed by atoms with E-state index in [2.05, 4.69) is 0 Å². The number of carbonyl (C=O) groups is 2. The average Bonchev–Trinajstić information content (AvgIpc) is 3.06. The Labute approximate surface area is 187 Å². The smallest absolute Gasteiger partial charge is 0.457 e. The number of unbranched alkanes of at least 4 members (excludes halogenated alkanes) is 1. The first kappa shape index (κ1) is 25.9. The van der Waals surface area contributed by atoms with Crippen molar-refractivity contribution in [2.24, 2.45) is 0 Å². The second-order valence-electron chi connectivity index (χ2n) is 11.2. The number of aliphatic carboxylic acids is 1. The molecule has 2 fully saturated rings. The van der Waals surface area contributed by atoms with Crippen LogP contribution in [-0.4, -0.2) is 83.1 Å². The van der Waals surface area contributed by atoms with E-state index >= 15 is 0 Å². The number of rotatable bonds is 7. The Hall–Kier alpha value is -1.32. The summed E-state index contributed by atoms with van der Waals surface area (Å²) in [5.41, 5.74) is -2.71. The molecule has 2 rings (SSSR count). The molecule has 0 saturated carbocycles. The Morgan fingerprint density at radius 2 is 1.68 bits per heavy atom. The standard InChI is InChI=1S/C22H41BN2O6/c1-19(2,3)29-18(28)25-15-16(24(8)9)14-22(25,17(26)27)12-10-11-13-23-30-20(4,5)21(6,7)31-23/h16H,10-15H2,1-9H3,(H,26,27)/t16-,22+/m1/s1. The van der Waals surface area contributed by atoms with E-state index in [-0.39, 0.29) is 24.4 Å². The van der Waals surface area contributed by atoms with Gasteiger partial charge < -0.3 is 24.1 Å². The van der Waals surface area contributed by atoms with Crippen molar-refractivity contribution in [2.45, 2.75) is 109 Å². The van der Waals surface area contributed by atoms with E-state index in [9.17, 15) is 14.7 Å². The molecule has 2 saturated heterocycles. The largest absolute Gasteiger partial charge is 0.479 e. The van der Waals surface area contributed by atoms with Crippen molar-refractivity contribution in [3.8, 4) is 0 Å². The van der Waals surface area contributed by atoms with Gasteiger partial charge in [-0.2, -0.15) is 0 Å². The first-order chi connectivity index (χ1) is 14.0. The van der Waals surface area contributed by atoms with Gasteiger partial charge in [-0.3, -0.25) is 4.90 Å². The molecule has 0 unspecified atom stereocenters. The maximum absolute atomic E-state index is 12.9. The molecule has 2 atom stereocenters. The normalized spacial score (nSPS) is 27.7. The highest BCUT2D eigenvalue weighted by Crippen LogP contribution is 2.40. The summed E-state index contributed by atoms with van der Waals surface area (Å²) in [7, 11) is 3.52. The average molecular weight is 440 g/mol. The number of ether oxygens (including phenoxy) is 1. The zero-order valence-corrected chi connectivity index (χ0v) is 20.8. The number of amides is 1. The van der Waals surface area contributed by atoms with E-state index in [1.54, 1.807) is 20.8 Å². The van der Waals surface area contributed by atoms with Gasteiger partial charge in [0, 0.05) is 12.6 Å². The highest BCUT2D eigenvalue weighted by Gasteiger charge is 2.55. The van der Waals surface area contributed by atoms with Gasteiger partial charge in [0.25, 0.3) is 0 Å². The number of likely N-dealkylation sites (tertiary alicyclic amines) is 1. The van der Waals surface area contributed by atoms with Crippen molar-refractivity contribution in [1.29, 1.82) is 0 Å². The Morgan fingerprint density at radius 3 is 2.13 bits per heavy atom. The molecular formula is C22H41BN2O6. The van der Waals surface area contributed by atoms with Crippen LogP contribution in [-0.2, 0) is 18.8 Å². The van der Waals surface area contributed by atoms with Crippen molar-refractivity contribution in [3.63, 3.8) is 0 Å². The molecule has 0 aromatic carbocycles. The number of hydrogen-bond acceptors (Lipinski definition) is 6. The first-order valence-electron chi connectivity index (χ1n) is 11.3. The summed E-state index contributed by atoms with van der Waals surface area (Å²) in [5.74, 6) is -0.974. The third-order valence-corrected chi connectivity index (χ3v) is 6.81. The molecule has 8 nitrogen and oxygen atoms in total. The molecule has 0 aromatic heterocycles. The molecule has 2 aliphatic rings. The van der Waals surface area contributed by atoms with Crippen LogP contribution in [0, 0.1) is 0 Å². The van der Waals surface area contributed by atoms with Gasteiger partial charge in [0.15, 0.2) is 0 Å². The molecular weight excluding hydrogens is 399 g/mol. The quantitative estimate of drug-likeness (QED) is 0.478. The molecule has 9 heteroatoms. The van der Waals surface area contributed by atoms with E-state index in [4.69, 9.17) is 14.0 Å². The number of carboxylic acids is 1. The third-order valence-electron chi connectivity index (χ3n) is 6.81. The second-order valence-corrected chi connectivity index (χ2v) is 11.2. The third kappa shape index (κ3) is 5.73. The second kappa shape index (κ2) is 8.91. The lowest BCUT2D eigenvalue weighted by atomic mass is 9.80. The molecule has 0 aliphatic carbocycles.